The molecule has 6 heteroatoms. The van der Waals surface area contributed by atoms with Crippen LogP contribution in [0.1, 0.15) is 40.5 Å². The number of amides is 1. The van der Waals surface area contributed by atoms with Crippen molar-refractivity contribution < 1.29 is 9.53 Å². The average Bonchev–Trinajstić information content (AvgIpc) is 3.44. The molecule has 0 saturated carbocycles. The maximum absolute atomic E-state index is 13.2. The third kappa shape index (κ3) is 4.43. The van der Waals surface area contributed by atoms with Crippen molar-refractivity contribution in [3.8, 4) is 5.75 Å². The first-order valence-electron chi connectivity index (χ1n) is 9.80. The third-order valence-corrected chi connectivity index (χ3v) is 5.89. The summed E-state index contributed by atoms with van der Waals surface area (Å²) in [5.41, 5.74) is 5.76. The second-order valence-electron chi connectivity index (χ2n) is 7.44. The van der Waals surface area contributed by atoms with E-state index in [1.165, 1.54) is 5.56 Å². The first-order chi connectivity index (χ1) is 14.1. The van der Waals surface area contributed by atoms with Gasteiger partial charge in [0.1, 0.15) is 12.4 Å². The van der Waals surface area contributed by atoms with Gasteiger partial charge in [-0.25, -0.2) is 4.98 Å². The molecular weight excluding hydrogens is 382 g/mol. The number of hydrogen-bond donors (Lipinski definition) is 0. The van der Waals surface area contributed by atoms with Crippen LogP contribution in [-0.2, 0) is 6.61 Å². The van der Waals surface area contributed by atoms with E-state index in [9.17, 15) is 4.79 Å². The van der Waals surface area contributed by atoms with E-state index < -0.39 is 0 Å². The molecule has 0 spiro atoms. The van der Waals surface area contributed by atoms with Crippen LogP contribution in [0.5, 0.6) is 5.75 Å². The minimum atomic E-state index is 0.0776. The maximum atomic E-state index is 13.2. The van der Waals surface area contributed by atoms with E-state index in [-0.39, 0.29) is 11.9 Å². The van der Waals surface area contributed by atoms with Crippen molar-refractivity contribution in [3.05, 3.63) is 76.2 Å². The number of anilines is 1. The van der Waals surface area contributed by atoms with Gasteiger partial charge in [-0.2, -0.15) is 0 Å². The van der Waals surface area contributed by atoms with E-state index in [4.69, 9.17) is 4.74 Å². The second-order valence-corrected chi connectivity index (χ2v) is 8.16. The van der Waals surface area contributed by atoms with Crippen LogP contribution in [-0.4, -0.2) is 36.4 Å². The van der Waals surface area contributed by atoms with Crippen LogP contribution in [0.4, 0.5) is 5.69 Å². The highest BCUT2D eigenvalue weighted by atomic mass is 32.1. The van der Waals surface area contributed by atoms with Crippen LogP contribution < -0.4 is 9.64 Å². The van der Waals surface area contributed by atoms with E-state index in [2.05, 4.69) is 34.1 Å². The number of benzene rings is 2. The minimum Gasteiger partial charge on any atom is -0.487 e. The number of rotatable bonds is 6. The normalized spacial score (nSPS) is 16.1. The van der Waals surface area contributed by atoms with Crippen molar-refractivity contribution >= 4 is 22.9 Å². The molecule has 0 aliphatic carbocycles. The van der Waals surface area contributed by atoms with Crippen molar-refractivity contribution in [1.29, 1.82) is 0 Å². The number of hydrogen-bond acceptors (Lipinski definition) is 5. The molecule has 1 fully saturated rings. The fourth-order valence-corrected chi connectivity index (χ4v) is 4.24. The molecule has 2 heterocycles. The number of nitrogens with zero attached hydrogens (tertiary/aromatic N) is 3. The average molecular weight is 408 g/mol. The highest BCUT2D eigenvalue weighted by Crippen LogP contribution is 2.34. The molecule has 1 amide bonds. The predicted molar refractivity (Wildman–Crippen MR) is 117 cm³/mol. The standard InChI is InChI=1S/C23H25N3O2S/c1-25(2)20-6-3-5-18(13-20)22-7-4-12-26(22)23(27)17-8-10-21(11-9-17)28-14-19-15-29-16-24-19/h3,5-6,8-11,13,15-16,22H,4,7,12,14H2,1-2H3. The van der Waals surface area contributed by atoms with Crippen molar-refractivity contribution in [2.24, 2.45) is 0 Å². The summed E-state index contributed by atoms with van der Waals surface area (Å²) >= 11 is 1.55. The van der Waals surface area contributed by atoms with Gasteiger partial charge in [-0.1, -0.05) is 12.1 Å². The Morgan fingerprint density at radius 2 is 2.07 bits per heavy atom. The van der Waals surface area contributed by atoms with Crippen molar-refractivity contribution in [2.75, 3.05) is 25.5 Å². The maximum Gasteiger partial charge on any atom is 0.254 e. The zero-order chi connectivity index (χ0) is 20.2. The van der Waals surface area contributed by atoms with E-state index in [1.54, 1.807) is 16.8 Å². The Bertz CT molecular complexity index is 955. The molecule has 1 aromatic heterocycles. The summed E-state index contributed by atoms with van der Waals surface area (Å²) in [7, 11) is 4.07. The van der Waals surface area contributed by atoms with Gasteiger partial charge in [-0.05, 0) is 54.8 Å². The lowest BCUT2D eigenvalue weighted by Gasteiger charge is -2.26. The first kappa shape index (κ1) is 19.5. The molecular formula is C23H25N3O2S. The predicted octanol–water partition coefficient (Wildman–Crippen LogP) is 4.77. The number of ether oxygens (including phenoxy) is 1. The van der Waals surface area contributed by atoms with Crippen molar-refractivity contribution in [2.45, 2.75) is 25.5 Å². The fraction of sp³-hybridized carbons (Fsp3) is 0.304. The molecule has 1 saturated heterocycles. The monoisotopic (exact) mass is 407 g/mol. The molecule has 5 nitrogen and oxygen atoms in total. The van der Waals surface area contributed by atoms with Gasteiger partial charge in [-0.3, -0.25) is 4.79 Å². The summed E-state index contributed by atoms with van der Waals surface area (Å²) < 4.78 is 5.75. The van der Waals surface area contributed by atoms with Crippen molar-refractivity contribution in [1.82, 2.24) is 9.88 Å². The number of likely N-dealkylation sites (tertiary alicyclic amines) is 1. The van der Waals surface area contributed by atoms with Gasteiger partial charge in [0.2, 0.25) is 0 Å². The van der Waals surface area contributed by atoms with Gasteiger partial charge >= 0.3 is 0 Å². The topological polar surface area (TPSA) is 45.7 Å². The fourth-order valence-electron chi connectivity index (χ4n) is 3.69. The number of carbonyl (C=O) groups is 1. The summed E-state index contributed by atoms with van der Waals surface area (Å²) in [4.78, 5) is 21.5. The Morgan fingerprint density at radius 1 is 1.24 bits per heavy atom. The van der Waals surface area contributed by atoms with Crippen molar-refractivity contribution in [3.63, 3.8) is 0 Å². The molecule has 1 aliphatic heterocycles. The van der Waals surface area contributed by atoms with E-state index >= 15 is 0 Å². The molecule has 0 bridgehead atoms. The third-order valence-electron chi connectivity index (χ3n) is 5.26. The molecule has 0 N–H and O–H groups in total. The molecule has 1 atom stereocenters. The van der Waals surface area contributed by atoms with Gasteiger partial charge in [0.15, 0.2) is 0 Å². The second kappa shape index (κ2) is 8.66. The van der Waals surface area contributed by atoms with Crippen LogP contribution in [0.2, 0.25) is 0 Å². The van der Waals surface area contributed by atoms with Gasteiger partial charge in [0, 0.05) is 37.3 Å². The Hall–Kier alpha value is -2.86. The van der Waals surface area contributed by atoms with E-state index in [0.717, 1.165) is 36.5 Å². The van der Waals surface area contributed by atoms with E-state index in [0.29, 0.717) is 12.2 Å². The highest BCUT2D eigenvalue weighted by Gasteiger charge is 2.30. The Kier molecular flexibility index (Phi) is 5.81. The number of aromatic nitrogens is 1. The molecule has 2 aromatic carbocycles. The molecule has 3 aromatic rings. The van der Waals surface area contributed by atoms with Gasteiger partial charge in [0.05, 0.1) is 17.2 Å². The van der Waals surface area contributed by atoms with Gasteiger partial charge in [-0.15, -0.1) is 11.3 Å². The Morgan fingerprint density at radius 3 is 2.79 bits per heavy atom. The van der Waals surface area contributed by atoms with E-state index in [1.807, 2.05) is 48.6 Å². The quantitative estimate of drug-likeness (QED) is 0.591. The lowest BCUT2D eigenvalue weighted by Crippen LogP contribution is -2.30. The molecule has 150 valence electrons. The summed E-state index contributed by atoms with van der Waals surface area (Å²) in [5.74, 6) is 0.819. The van der Waals surface area contributed by atoms with Gasteiger partial charge < -0.3 is 14.5 Å². The van der Waals surface area contributed by atoms with Crippen LogP contribution in [0, 0.1) is 0 Å². The first-order valence-corrected chi connectivity index (χ1v) is 10.7. The van der Waals surface area contributed by atoms with Crippen LogP contribution >= 0.6 is 11.3 Å². The number of thiazole rings is 1. The zero-order valence-corrected chi connectivity index (χ0v) is 17.6. The highest BCUT2D eigenvalue weighted by molar-refractivity contribution is 7.07. The molecule has 29 heavy (non-hydrogen) atoms. The Balaban J connectivity index is 1.46. The zero-order valence-electron chi connectivity index (χ0n) is 16.7. The van der Waals surface area contributed by atoms with Crippen LogP contribution in [0.3, 0.4) is 0 Å². The van der Waals surface area contributed by atoms with Gasteiger partial charge in [0.25, 0.3) is 5.91 Å². The molecule has 1 aliphatic rings. The molecule has 0 radical (unpaired) electrons. The van der Waals surface area contributed by atoms with Crippen LogP contribution in [0.15, 0.2) is 59.4 Å². The smallest absolute Gasteiger partial charge is 0.254 e. The Labute approximate surface area is 175 Å². The summed E-state index contributed by atoms with van der Waals surface area (Å²) in [6.45, 7) is 1.23. The lowest BCUT2D eigenvalue weighted by atomic mass is 10.0. The summed E-state index contributed by atoms with van der Waals surface area (Å²) in [5, 5.41) is 1.97. The lowest BCUT2D eigenvalue weighted by molar-refractivity contribution is 0.0735. The largest absolute Gasteiger partial charge is 0.487 e. The SMILES string of the molecule is CN(C)c1cccc(C2CCCN2C(=O)c2ccc(OCc3cscn3)cc2)c1. The molecule has 4 rings (SSSR count). The van der Waals surface area contributed by atoms with Crippen LogP contribution in [0.25, 0.3) is 0 Å². The molecule has 1 unspecified atom stereocenters. The number of carbonyl (C=O) groups excluding carboxylic acids is 1. The summed E-state index contributed by atoms with van der Waals surface area (Å²) in [6, 6.07) is 16.0. The minimum absolute atomic E-state index is 0.0776. The summed E-state index contributed by atoms with van der Waals surface area (Å²) in [6.07, 6.45) is 2.02.